The van der Waals surface area contributed by atoms with Crippen molar-refractivity contribution in [2.24, 2.45) is 34.4 Å². The van der Waals surface area contributed by atoms with Crippen molar-refractivity contribution in [3.05, 3.63) is 0 Å². The Morgan fingerprint density at radius 3 is 2.55 bits per heavy atom. The number of carbonyl (C=O) groups is 2. The number of aldehydes is 1. The minimum Gasteiger partial charge on any atom is -0.454 e. The predicted octanol–water partition coefficient (Wildman–Crippen LogP) is -0.534. The number of fused-ring (bicyclic) bond motifs is 1. The first-order chi connectivity index (χ1) is 13.7. The summed E-state index contributed by atoms with van der Waals surface area (Å²) in [6.07, 6.45) is 3.05. The third-order valence-electron chi connectivity index (χ3n) is 5.60. The molecule has 2 rings (SSSR count). The van der Waals surface area contributed by atoms with E-state index in [-0.39, 0.29) is 18.3 Å². The van der Waals surface area contributed by atoms with Crippen LogP contribution in [0.15, 0.2) is 5.10 Å². The molecule has 1 aliphatic carbocycles. The number of esters is 1. The van der Waals surface area contributed by atoms with Crippen molar-refractivity contribution in [3.8, 4) is 0 Å². The van der Waals surface area contributed by atoms with Crippen molar-refractivity contribution in [2.45, 2.75) is 63.9 Å². The van der Waals surface area contributed by atoms with Crippen LogP contribution in [-0.2, 0) is 19.1 Å². The molecule has 5 unspecified atom stereocenters. The second kappa shape index (κ2) is 12.1. The Hall–Kier alpha value is -1.75. The molecule has 2 fully saturated rings. The third-order valence-corrected chi connectivity index (χ3v) is 5.60. The highest BCUT2D eigenvalue weighted by atomic mass is 16.5. The number of amidine groups is 1. The molecule has 10 heteroatoms. The number of hydrogen-bond acceptors (Lipinski definition) is 9. The second-order valence-electron chi connectivity index (χ2n) is 7.79. The van der Waals surface area contributed by atoms with Gasteiger partial charge in [0.2, 0.25) is 5.79 Å². The molecule has 1 saturated carbocycles. The highest BCUT2D eigenvalue weighted by Gasteiger charge is 2.41. The SMILES string of the molecule is CC(C=O)OC(=O)C1CC2CC(CC(O)(O)/C(N)=N/N)CCC2CN1.CCOC. The topological polar surface area (TPSA) is 169 Å². The van der Waals surface area contributed by atoms with E-state index in [9.17, 15) is 19.8 Å². The van der Waals surface area contributed by atoms with E-state index >= 15 is 0 Å². The van der Waals surface area contributed by atoms with Crippen molar-refractivity contribution >= 4 is 18.1 Å². The molecule has 1 saturated heterocycles. The maximum absolute atomic E-state index is 12.1. The Bertz CT molecular complexity index is 555. The van der Waals surface area contributed by atoms with Gasteiger partial charge in [-0.25, -0.2) is 0 Å². The van der Waals surface area contributed by atoms with Gasteiger partial charge in [-0.1, -0.05) is 0 Å². The minimum atomic E-state index is -2.21. The highest BCUT2D eigenvalue weighted by molar-refractivity contribution is 5.86. The summed E-state index contributed by atoms with van der Waals surface area (Å²) in [7, 11) is 1.68. The fourth-order valence-electron chi connectivity index (χ4n) is 3.93. The molecule has 1 aliphatic heterocycles. The fourth-order valence-corrected chi connectivity index (χ4v) is 3.93. The molecule has 0 aromatic heterocycles. The third kappa shape index (κ3) is 7.88. The van der Waals surface area contributed by atoms with E-state index in [4.69, 9.17) is 16.3 Å². The lowest BCUT2D eigenvalue weighted by atomic mass is 9.68. The number of piperidine rings is 1. The Morgan fingerprint density at radius 2 is 2.00 bits per heavy atom. The summed E-state index contributed by atoms with van der Waals surface area (Å²) in [5, 5.41) is 26.4. The molecule has 10 nitrogen and oxygen atoms in total. The van der Waals surface area contributed by atoms with Crippen LogP contribution in [0.3, 0.4) is 0 Å². The lowest BCUT2D eigenvalue weighted by molar-refractivity contribution is -0.155. The van der Waals surface area contributed by atoms with Gasteiger partial charge in [-0.05, 0) is 63.8 Å². The largest absolute Gasteiger partial charge is 0.454 e. The number of aliphatic hydroxyl groups is 2. The van der Waals surface area contributed by atoms with Crippen LogP contribution in [0.1, 0.15) is 46.0 Å². The number of methoxy groups -OCH3 is 1. The van der Waals surface area contributed by atoms with E-state index in [1.807, 2.05) is 6.92 Å². The quantitative estimate of drug-likeness (QED) is 0.0696. The van der Waals surface area contributed by atoms with E-state index in [0.29, 0.717) is 25.2 Å². The molecule has 5 atom stereocenters. The maximum atomic E-state index is 12.1. The number of carbonyl (C=O) groups excluding carboxylic acids is 2. The van der Waals surface area contributed by atoms with E-state index in [1.165, 1.54) is 6.92 Å². The monoisotopic (exact) mass is 416 g/mol. The van der Waals surface area contributed by atoms with Crippen LogP contribution in [-0.4, -0.2) is 66.5 Å². The van der Waals surface area contributed by atoms with Gasteiger partial charge >= 0.3 is 5.97 Å². The van der Waals surface area contributed by atoms with Crippen molar-refractivity contribution in [2.75, 3.05) is 20.3 Å². The number of nitrogens with two attached hydrogens (primary N) is 2. The average molecular weight is 417 g/mol. The van der Waals surface area contributed by atoms with E-state index < -0.39 is 29.7 Å². The molecule has 2 aliphatic rings. The zero-order chi connectivity index (χ0) is 22.0. The predicted molar refractivity (Wildman–Crippen MR) is 107 cm³/mol. The van der Waals surface area contributed by atoms with Crippen molar-refractivity contribution in [3.63, 3.8) is 0 Å². The number of hydrazone groups is 1. The van der Waals surface area contributed by atoms with Gasteiger partial charge in [0.05, 0.1) is 0 Å². The molecule has 1 heterocycles. The van der Waals surface area contributed by atoms with Gasteiger partial charge in [-0.2, -0.15) is 5.10 Å². The zero-order valence-electron chi connectivity index (χ0n) is 17.5. The van der Waals surface area contributed by atoms with Crippen molar-refractivity contribution in [1.29, 1.82) is 0 Å². The molecule has 0 spiro atoms. The van der Waals surface area contributed by atoms with Gasteiger partial charge in [0, 0.05) is 20.1 Å². The minimum absolute atomic E-state index is 0.0558. The Labute approximate surface area is 172 Å². The number of nitrogens with one attached hydrogen (secondary N) is 1. The zero-order valence-corrected chi connectivity index (χ0v) is 17.5. The summed E-state index contributed by atoms with van der Waals surface area (Å²) in [5.74, 6) is 2.77. The van der Waals surface area contributed by atoms with Gasteiger partial charge in [-0.3, -0.25) is 9.59 Å². The molecule has 7 N–H and O–H groups in total. The van der Waals surface area contributed by atoms with E-state index in [2.05, 4.69) is 15.2 Å². The molecule has 0 amide bonds. The number of ether oxygens (including phenoxy) is 2. The van der Waals surface area contributed by atoms with E-state index in [1.54, 1.807) is 7.11 Å². The van der Waals surface area contributed by atoms with Crippen LogP contribution < -0.4 is 16.9 Å². The molecule has 0 aromatic carbocycles. The summed E-state index contributed by atoms with van der Waals surface area (Å²) in [6, 6.07) is -0.439. The first-order valence-corrected chi connectivity index (χ1v) is 10.0. The standard InChI is InChI=1S/C16H28N4O5.C3H8O/c1-9(8-21)25-14(22)13-5-12-4-10(2-3-11(12)7-19-13)6-16(23,24)15(17)20-18;1-3-4-2/h8-13,19,23-24H,2-7,18H2,1H3,(H2,17,20);3H2,1-2H3. The van der Waals surface area contributed by atoms with Crippen molar-refractivity contribution < 1.29 is 29.3 Å². The highest BCUT2D eigenvalue weighted by Crippen LogP contribution is 2.41. The van der Waals surface area contributed by atoms with E-state index in [0.717, 1.165) is 25.9 Å². The molecule has 29 heavy (non-hydrogen) atoms. The lowest BCUT2D eigenvalue weighted by Gasteiger charge is -2.43. The first kappa shape index (κ1) is 25.3. The van der Waals surface area contributed by atoms with Gasteiger partial charge in [-0.15, -0.1) is 0 Å². The van der Waals surface area contributed by atoms with Gasteiger partial charge in [0.15, 0.2) is 18.2 Å². The van der Waals surface area contributed by atoms with Crippen LogP contribution in [0.2, 0.25) is 0 Å². The summed E-state index contributed by atoms with van der Waals surface area (Å²) in [4.78, 5) is 22.7. The molecular weight excluding hydrogens is 380 g/mol. The number of nitrogens with zero attached hydrogens (tertiary/aromatic N) is 1. The maximum Gasteiger partial charge on any atom is 0.323 e. The van der Waals surface area contributed by atoms with Gasteiger partial charge < -0.3 is 36.6 Å². The molecule has 168 valence electrons. The Balaban J connectivity index is 0.000000960. The first-order valence-electron chi connectivity index (χ1n) is 10.0. The summed E-state index contributed by atoms with van der Waals surface area (Å²) < 4.78 is 9.62. The number of rotatable bonds is 7. The Morgan fingerprint density at radius 1 is 1.34 bits per heavy atom. The fraction of sp³-hybridized carbons (Fsp3) is 0.842. The summed E-state index contributed by atoms with van der Waals surface area (Å²) in [5.41, 5.74) is 5.45. The van der Waals surface area contributed by atoms with Gasteiger partial charge in [0.25, 0.3) is 0 Å². The van der Waals surface area contributed by atoms with Crippen LogP contribution in [0.4, 0.5) is 0 Å². The van der Waals surface area contributed by atoms with Crippen LogP contribution in [0.5, 0.6) is 0 Å². The molecular formula is C19H36N4O6. The van der Waals surface area contributed by atoms with Crippen LogP contribution >= 0.6 is 0 Å². The normalized spacial score (nSPS) is 28.4. The molecule has 0 radical (unpaired) electrons. The average Bonchev–Trinajstić information content (AvgIpc) is 2.72. The van der Waals surface area contributed by atoms with Gasteiger partial charge in [0.1, 0.15) is 6.04 Å². The van der Waals surface area contributed by atoms with Crippen LogP contribution in [0, 0.1) is 17.8 Å². The van der Waals surface area contributed by atoms with Crippen LogP contribution in [0.25, 0.3) is 0 Å². The lowest BCUT2D eigenvalue weighted by Crippen LogP contribution is -2.51. The second-order valence-corrected chi connectivity index (χ2v) is 7.79. The molecule has 0 bridgehead atoms. The van der Waals surface area contributed by atoms with Crippen molar-refractivity contribution in [1.82, 2.24) is 5.32 Å². The number of hydrogen-bond donors (Lipinski definition) is 5. The molecule has 0 aromatic rings. The summed E-state index contributed by atoms with van der Waals surface area (Å²) >= 11 is 0. The Kier molecular flexibility index (Phi) is 10.5. The smallest absolute Gasteiger partial charge is 0.323 e. The summed E-state index contributed by atoms with van der Waals surface area (Å²) in [6.45, 7) is 5.01.